The van der Waals surface area contributed by atoms with E-state index in [1.807, 2.05) is 12.1 Å². The van der Waals surface area contributed by atoms with Crippen molar-refractivity contribution in [3.05, 3.63) is 11.9 Å². The molecule has 1 rings (SSSR count). The molecule has 0 fully saturated rings. The molecule has 1 N–H and O–H groups in total. The van der Waals surface area contributed by atoms with Gasteiger partial charge in [0.05, 0.1) is 31.2 Å². The summed E-state index contributed by atoms with van der Waals surface area (Å²) in [4.78, 5) is 13.2. The van der Waals surface area contributed by atoms with Gasteiger partial charge in [-0.25, -0.2) is 0 Å². The Labute approximate surface area is 92.3 Å². The first kappa shape index (κ1) is 11.7. The summed E-state index contributed by atoms with van der Waals surface area (Å²) in [5.74, 6) is -0.320. The van der Waals surface area contributed by atoms with Crippen LogP contribution in [0, 0.1) is 22.7 Å². The molecule has 0 aliphatic carbocycles. The molecular formula is C9H10N6O. The first-order valence-electron chi connectivity index (χ1n) is 4.68. The van der Waals surface area contributed by atoms with Crippen LogP contribution in [0.4, 0.5) is 0 Å². The molecule has 0 saturated heterocycles. The number of nitrogens with zero attached hydrogens (tertiary/aromatic N) is 5. The SMILES string of the molecule is N#CCCN(CCC#N)C(=O)c1cn[nH]n1. The molecule has 0 radical (unpaired) electrons. The van der Waals surface area contributed by atoms with E-state index in [1.54, 1.807) is 0 Å². The van der Waals surface area contributed by atoms with Crippen molar-refractivity contribution in [2.75, 3.05) is 13.1 Å². The van der Waals surface area contributed by atoms with Crippen LogP contribution in [0.5, 0.6) is 0 Å². The number of amides is 1. The van der Waals surface area contributed by atoms with Crippen LogP contribution in [0.15, 0.2) is 6.20 Å². The van der Waals surface area contributed by atoms with Crippen molar-refractivity contribution < 1.29 is 4.79 Å². The maximum absolute atomic E-state index is 11.8. The van der Waals surface area contributed by atoms with Crippen LogP contribution in [0.2, 0.25) is 0 Å². The molecule has 0 bridgehead atoms. The molecule has 0 aliphatic rings. The molecule has 0 saturated carbocycles. The van der Waals surface area contributed by atoms with Gasteiger partial charge in [-0.2, -0.15) is 25.9 Å². The second-order valence-electron chi connectivity index (χ2n) is 2.96. The molecule has 0 aromatic carbocycles. The minimum Gasteiger partial charge on any atom is -0.335 e. The number of rotatable bonds is 5. The maximum atomic E-state index is 11.8. The normalized spacial score (nSPS) is 9.12. The van der Waals surface area contributed by atoms with E-state index in [1.165, 1.54) is 11.1 Å². The number of hydrogen-bond donors (Lipinski definition) is 1. The average Bonchev–Trinajstić information content (AvgIpc) is 2.82. The fourth-order valence-corrected chi connectivity index (χ4v) is 1.15. The summed E-state index contributed by atoms with van der Waals surface area (Å²) in [6.07, 6.45) is 1.78. The minimum absolute atomic E-state index is 0.191. The van der Waals surface area contributed by atoms with E-state index in [4.69, 9.17) is 10.5 Å². The molecular weight excluding hydrogens is 208 g/mol. The van der Waals surface area contributed by atoms with Gasteiger partial charge in [0.2, 0.25) is 0 Å². The fraction of sp³-hybridized carbons (Fsp3) is 0.444. The lowest BCUT2D eigenvalue weighted by Crippen LogP contribution is -2.33. The minimum atomic E-state index is -0.320. The molecule has 16 heavy (non-hydrogen) atoms. The van der Waals surface area contributed by atoms with Crippen LogP contribution in [-0.2, 0) is 0 Å². The zero-order valence-corrected chi connectivity index (χ0v) is 8.55. The van der Waals surface area contributed by atoms with Crippen molar-refractivity contribution in [3.8, 4) is 12.1 Å². The van der Waals surface area contributed by atoms with E-state index in [0.717, 1.165) is 0 Å². The number of aromatic nitrogens is 3. The van der Waals surface area contributed by atoms with Crippen molar-refractivity contribution in [2.45, 2.75) is 12.8 Å². The maximum Gasteiger partial charge on any atom is 0.276 e. The summed E-state index contributed by atoms with van der Waals surface area (Å²) in [6, 6.07) is 3.91. The van der Waals surface area contributed by atoms with Gasteiger partial charge in [0.15, 0.2) is 5.69 Å². The first-order valence-corrected chi connectivity index (χ1v) is 4.68. The lowest BCUT2D eigenvalue weighted by molar-refractivity contribution is 0.0756. The monoisotopic (exact) mass is 218 g/mol. The Morgan fingerprint density at radius 2 is 2.00 bits per heavy atom. The Balaban J connectivity index is 2.65. The third kappa shape index (κ3) is 3.07. The second kappa shape index (κ2) is 6.14. The van der Waals surface area contributed by atoms with Crippen LogP contribution >= 0.6 is 0 Å². The number of nitrogens with one attached hydrogen (secondary N) is 1. The summed E-state index contributed by atoms with van der Waals surface area (Å²) in [7, 11) is 0. The highest BCUT2D eigenvalue weighted by atomic mass is 16.2. The van der Waals surface area contributed by atoms with E-state index in [-0.39, 0.29) is 24.4 Å². The second-order valence-corrected chi connectivity index (χ2v) is 2.96. The van der Waals surface area contributed by atoms with E-state index >= 15 is 0 Å². The summed E-state index contributed by atoms with van der Waals surface area (Å²) >= 11 is 0. The lowest BCUT2D eigenvalue weighted by Gasteiger charge is -2.18. The zero-order chi connectivity index (χ0) is 11.8. The number of H-pyrrole nitrogens is 1. The average molecular weight is 218 g/mol. The van der Waals surface area contributed by atoms with Gasteiger partial charge in [0.25, 0.3) is 5.91 Å². The van der Waals surface area contributed by atoms with Crippen LogP contribution in [-0.4, -0.2) is 39.3 Å². The molecule has 0 unspecified atom stereocenters. The summed E-state index contributed by atoms with van der Waals surface area (Å²) < 4.78 is 0. The third-order valence-corrected chi connectivity index (χ3v) is 1.91. The third-order valence-electron chi connectivity index (χ3n) is 1.91. The summed E-state index contributed by atoms with van der Waals surface area (Å²) in [5.41, 5.74) is 0.191. The smallest absolute Gasteiger partial charge is 0.276 e. The Bertz CT molecular complexity index is 394. The number of hydrogen-bond acceptors (Lipinski definition) is 5. The van der Waals surface area contributed by atoms with Crippen LogP contribution in [0.1, 0.15) is 23.3 Å². The Hall–Kier alpha value is -2.41. The van der Waals surface area contributed by atoms with E-state index < -0.39 is 0 Å². The number of carbonyl (C=O) groups excluding carboxylic acids is 1. The molecule has 82 valence electrons. The first-order chi connectivity index (χ1) is 7.79. The highest BCUT2D eigenvalue weighted by Crippen LogP contribution is 2.01. The highest BCUT2D eigenvalue weighted by molar-refractivity contribution is 5.91. The molecule has 1 amide bonds. The lowest BCUT2D eigenvalue weighted by atomic mass is 10.3. The van der Waals surface area contributed by atoms with Crippen LogP contribution < -0.4 is 0 Å². The van der Waals surface area contributed by atoms with Gasteiger partial charge in [0, 0.05) is 13.1 Å². The summed E-state index contributed by atoms with van der Waals surface area (Å²) in [5, 5.41) is 26.5. The molecule has 1 aromatic heterocycles. The van der Waals surface area contributed by atoms with Gasteiger partial charge in [0.1, 0.15) is 0 Å². The van der Waals surface area contributed by atoms with E-state index in [0.29, 0.717) is 13.1 Å². The number of aromatic amines is 1. The van der Waals surface area contributed by atoms with Crippen molar-refractivity contribution >= 4 is 5.91 Å². The largest absolute Gasteiger partial charge is 0.335 e. The van der Waals surface area contributed by atoms with Crippen molar-refractivity contribution in [2.24, 2.45) is 0 Å². The topological polar surface area (TPSA) is 109 Å². The predicted molar refractivity (Wildman–Crippen MR) is 52.7 cm³/mol. The summed E-state index contributed by atoms with van der Waals surface area (Å²) in [6.45, 7) is 0.591. The van der Waals surface area contributed by atoms with E-state index in [2.05, 4.69) is 15.4 Å². The number of carbonyl (C=O) groups is 1. The Morgan fingerprint density at radius 3 is 2.44 bits per heavy atom. The Kier molecular flexibility index (Phi) is 4.48. The van der Waals surface area contributed by atoms with Gasteiger partial charge in [-0.05, 0) is 0 Å². The number of nitriles is 2. The molecule has 0 aliphatic heterocycles. The van der Waals surface area contributed by atoms with Crippen molar-refractivity contribution in [1.82, 2.24) is 20.3 Å². The molecule has 0 atom stereocenters. The highest BCUT2D eigenvalue weighted by Gasteiger charge is 2.17. The molecule has 1 aromatic rings. The van der Waals surface area contributed by atoms with Crippen molar-refractivity contribution in [3.63, 3.8) is 0 Å². The predicted octanol–water partition coefficient (Wildman–Crippen LogP) is 0.0743. The Morgan fingerprint density at radius 1 is 1.38 bits per heavy atom. The molecule has 0 spiro atoms. The quantitative estimate of drug-likeness (QED) is 0.752. The van der Waals surface area contributed by atoms with Crippen LogP contribution in [0.25, 0.3) is 0 Å². The fourth-order valence-electron chi connectivity index (χ4n) is 1.15. The van der Waals surface area contributed by atoms with Gasteiger partial charge in [-0.1, -0.05) is 0 Å². The molecule has 1 heterocycles. The standard InChI is InChI=1S/C9H10N6O/c10-3-1-5-15(6-2-4-11)9(16)8-7-12-14-13-8/h7H,1-2,5-6H2,(H,12,13,14). The van der Waals surface area contributed by atoms with Gasteiger partial charge in [-0.15, -0.1) is 0 Å². The molecule has 7 nitrogen and oxygen atoms in total. The molecule has 7 heteroatoms. The zero-order valence-electron chi connectivity index (χ0n) is 8.55. The van der Waals surface area contributed by atoms with Crippen molar-refractivity contribution in [1.29, 1.82) is 10.5 Å². The van der Waals surface area contributed by atoms with Gasteiger partial charge < -0.3 is 4.90 Å². The van der Waals surface area contributed by atoms with Gasteiger partial charge >= 0.3 is 0 Å². The van der Waals surface area contributed by atoms with Gasteiger partial charge in [-0.3, -0.25) is 4.79 Å². The van der Waals surface area contributed by atoms with E-state index in [9.17, 15) is 4.79 Å². The van der Waals surface area contributed by atoms with Crippen LogP contribution in [0.3, 0.4) is 0 Å².